The van der Waals surface area contributed by atoms with E-state index in [2.05, 4.69) is 10.4 Å². The summed E-state index contributed by atoms with van der Waals surface area (Å²) in [7, 11) is 0. The molecule has 6 heteroatoms. The molecule has 0 aromatic carbocycles. The number of carboxylic acids is 1. The molecule has 0 aliphatic rings. The second-order valence-electron chi connectivity index (χ2n) is 4.04. The Bertz CT molecular complexity index is 591. The van der Waals surface area contributed by atoms with E-state index in [9.17, 15) is 9.59 Å². The van der Waals surface area contributed by atoms with Crippen LogP contribution in [0.3, 0.4) is 0 Å². The lowest BCUT2D eigenvalue weighted by atomic mass is 10.2. The van der Waals surface area contributed by atoms with E-state index >= 15 is 0 Å². The van der Waals surface area contributed by atoms with E-state index in [1.807, 2.05) is 12.1 Å². The zero-order valence-corrected chi connectivity index (χ0v) is 9.83. The van der Waals surface area contributed by atoms with Gasteiger partial charge in [-0.25, -0.2) is 4.52 Å². The predicted octanol–water partition coefficient (Wildman–Crippen LogP) is 0.785. The number of nitrogens with one attached hydrogen (secondary N) is 1. The summed E-state index contributed by atoms with van der Waals surface area (Å²) in [5.74, 6) is -1.87. The van der Waals surface area contributed by atoms with Crippen LogP contribution in [0.5, 0.6) is 0 Å². The Morgan fingerprint density at radius 2 is 2.28 bits per heavy atom. The first-order valence-electron chi connectivity index (χ1n) is 5.53. The van der Waals surface area contributed by atoms with Gasteiger partial charge in [0.2, 0.25) is 0 Å². The number of aliphatic carboxylic acids is 1. The van der Waals surface area contributed by atoms with E-state index in [0.717, 1.165) is 0 Å². The highest BCUT2D eigenvalue weighted by Crippen LogP contribution is 2.09. The minimum absolute atomic E-state index is 0.0956. The maximum atomic E-state index is 11.9. The van der Waals surface area contributed by atoms with Crippen LogP contribution >= 0.6 is 0 Å². The van der Waals surface area contributed by atoms with Gasteiger partial charge in [0, 0.05) is 12.7 Å². The molecule has 0 saturated carbocycles. The van der Waals surface area contributed by atoms with Crippen LogP contribution in [-0.4, -0.2) is 33.1 Å². The topological polar surface area (TPSA) is 83.7 Å². The summed E-state index contributed by atoms with van der Waals surface area (Å²) in [5.41, 5.74) is 1.13. The molecular formula is C12H13N3O3. The first kappa shape index (κ1) is 12.1. The number of hydrogen-bond acceptors (Lipinski definition) is 3. The number of pyridine rings is 1. The Morgan fingerprint density at radius 1 is 1.50 bits per heavy atom. The second kappa shape index (κ2) is 4.87. The third-order valence-corrected chi connectivity index (χ3v) is 2.66. The lowest BCUT2D eigenvalue weighted by Crippen LogP contribution is -2.31. The van der Waals surface area contributed by atoms with Gasteiger partial charge in [0.15, 0.2) is 0 Å². The molecule has 0 saturated heterocycles. The van der Waals surface area contributed by atoms with Gasteiger partial charge in [0.1, 0.15) is 0 Å². The fraction of sp³-hybridized carbons (Fsp3) is 0.250. The van der Waals surface area contributed by atoms with Crippen LogP contribution in [0.1, 0.15) is 17.3 Å². The molecule has 94 valence electrons. The number of fused-ring (bicyclic) bond motifs is 1. The van der Waals surface area contributed by atoms with Crippen molar-refractivity contribution in [3.63, 3.8) is 0 Å². The van der Waals surface area contributed by atoms with E-state index in [4.69, 9.17) is 5.11 Å². The minimum Gasteiger partial charge on any atom is -0.481 e. The number of rotatable bonds is 4. The van der Waals surface area contributed by atoms with Gasteiger partial charge in [-0.05, 0) is 12.1 Å². The van der Waals surface area contributed by atoms with Crippen molar-refractivity contribution in [2.75, 3.05) is 6.54 Å². The zero-order valence-electron chi connectivity index (χ0n) is 9.83. The van der Waals surface area contributed by atoms with Crippen molar-refractivity contribution < 1.29 is 14.7 Å². The molecule has 2 N–H and O–H groups in total. The molecule has 2 rings (SSSR count). The summed E-state index contributed by atoms with van der Waals surface area (Å²) in [4.78, 5) is 22.5. The molecular weight excluding hydrogens is 234 g/mol. The van der Waals surface area contributed by atoms with E-state index < -0.39 is 11.9 Å². The Hall–Kier alpha value is -2.37. The average Bonchev–Trinajstić information content (AvgIpc) is 2.79. The normalized spacial score (nSPS) is 12.3. The van der Waals surface area contributed by atoms with Gasteiger partial charge in [-0.15, -0.1) is 0 Å². The van der Waals surface area contributed by atoms with Crippen LogP contribution in [-0.2, 0) is 4.79 Å². The van der Waals surface area contributed by atoms with Gasteiger partial charge in [0.05, 0.1) is 23.2 Å². The summed E-state index contributed by atoms with van der Waals surface area (Å²) in [6.07, 6.45) is 3.21. The van der Waals surface area contributed by atoms with E-state index in [0.29, 0.717) is 11.1 Å². The molecule has 2 aromatic heterocycles. The number of hydrogen-bond donors (Lipinski definition) is 2. The predicted molar refractivity (Wildman–Crippen MR) is 64.3 cm³/mol. The first-order chi connectivity index (χ1) is 8.59. The van der Waals surface area contributed by atoms with Crippen molar-refractivity contribution in [1.29, 1.82) is 0 Å². The maximum absolute atomic E-state index is 11.9. The third kappa shape index (κ3) is 2.32. The van der Waals surface area contributed by atoms with E-state index in [-0.39, 0.29) is 12.5 Å². The maximum Gasteiger partial charge on any atom is 0.308 e. The van der Waals surface area contributed by atoms with Crippen LogP contribution < -0.4 is 5.32 Å². The van der Waals surface area contributed by atoms with Crippen LogP contribution in [0.4, 0.5) is 0 Å². The molecule has 1 atom stereocenters. The summed E-state index contributed by atoms with van der Waals surface area (Å²) in [5, 5.41) is 15.4. The minimum atomic E-state index is -0.935. The highest BCUT2D eigenvalue weighted by molar-refractivity contribution is 6.00. The number of amides is 1. The molecule has 0 radical (unpaired) electrons. The second-order valence-corrected chi connectivity index (χ2v) is 4.04. The zero-order chi connectivity index (χ0) is 13.1. The van der Waals surface area contributed by atoms with E-state index in [1.165, 1.54) is 6.20 Å². The van der Waals surface area contributed by atoms with Crippen LogP contribution in [0.25, 0.3) is 5.52 Å². The van der Waals surface area contributed by atoms with Crippen molar-refractivity contribution >= 4 is 17.4 Å². The lowest BCUT2D eigenvalue weighted by molar-refractivity contribution is -0.140. The molecule has 2 aromatic rings. The molecule has 0 spiro atoms. The largest absolute Gasteiger partial charge is 0.481 e. The van der Waals surface area contributed by atoms with Crippen LogP contribution in [0.15, 0.2) is 30.6 Å². The summed E-state index contributed by atoms with van der Waals surface area (Å²) in [6.45, 7) is 1.64. The van der Waals surface area contributed by atoms with Gasteiger partial charge >= 0.3 is 5.97 Å². The number of carboxylic acid groups (broad SMARTS) is 1. The number of carbonyl (C=O) groups is 2. The molecule has 0 aliphatic carbocycles. The highest BCUT2D eigenvalue weighted by atomic mass is 16.4. The Balaban J connectivity index is 2.12. The SMILES string of the molecule is CC(CNC(=O)c1cnn2ccccc12)C(=O)O. The molecule has 0 bridgehead atoms. The lowest BCUT2D eigenvalue weighted by Gasteiger charge is -2.07. The third-order valence-electron chi connectivity index (χ3n) is 2.66. The van der Waals surface area contributed by atoms with Crippen molar-refractivity contribution in [3.8, 4) is 0 Å². The fourth-order valence-electron chi connectivity index (χ4n) is 1.54. The van der Waals surface area contributed by atoms with Crippen molar-refractivity contribution in [2.24, 2.45) is 5.92 Å². The van der Waals surface area contributed by atoms with Crippen LogP contribution in [0.2, 0.25) is 0 Å². The summed E-state index contributed by atoms with van der Waals surface area (Å²) < 4.78 is 1.59. The monoisotopic (exact) mass is 247 g/mol. The molecule has 18 heavy (non-hydrogen) atoms. The first-order valence-corrected chi connectivity index (χ1v) is 5.53. The molecule has 0 fully saturated rings. The molecule has 2 heterocycles. The molecule has 6 nitrogen and oxygen atoms in total. The van der Waals surface area contributed by atoms with E-state index in [1.54, 1.807) is 23.7 Å². The Kier molecular flexibility index (Phi) is 3.27. The average molecular weight is 247 g/mol. The summed E-state index contributed by atoms with van der Waals surface area (Å²) in [6, 6.07) is 5.41. The Labute approximate surface area is 103 Å². The number of carbonyl (C=O) groups excluding carboxylic acids is 1. The van der Waals surface area contributed by atoms with Gasteiger partial charge in [-0.2, -0.15) is 5.10 Å². The van der Waals surface area contributed by atoms with Crippen molar-refractivity contribution in [3.05, 3.63) is 36.2 Å². The number of nitrogens with zero attached hydrogens (tertiary/aromatic N) is 2. The summed E-state index contributed by atoms with van der Waals surface area (Å²) >= 11 is 0. The highest BCUT2D eigenvalue weighted by Gasteiger charge is 2.15. The van der Waals surface area contributed by atoms with Gasteiger partial charge in [-0.1, -0.05) is 13.0 Å². The van der Waals surface area contributed by atoms with Gasteiger partial charge in [0.25, 0.3) is 5.91 Å². The van der Waals surface area contributed by atoms with Gasteiger partial charge < -0.3 is 10.4 Å². The smallest absolute Gasteiger partial charge is 0.308 e. The number of aromatic nitrogens is 2. The fourth-order valence-corrected chi connectivity index (χ4v) is 1.54. The van der Waals surface area contributed by atoms with Crippen molar-refractivity contribution in [1.82, 2.24) is 14.9 Å². The Morgan fingerprint density at radius 3 is 3.00 bits per heavy atom. The molecule has 0 aliphatic heterocycles. The van der Waals surface area contributed by atoms with Crippen LogP contribution in [0, 0.1) is 5.92 Å². The van der Waals surface area contributed by atoms with Gasteiger partial charge in [-0.3, -0.25) is 9.59 Å². The quantitative estimate of drug-likeness (QED) is 0.836. The van der Waals surface area contributed by atoms with Crippen molar-refractivity contribution in [2.45, 2.75) is 6.92 Å². The standard InChI is InChI=1S/C12H13N3O3/c1-8(12(17)18)6-13-11(16)9-7-14-15-5-3-2-4-10(9)15/h2-5,7-8H,6H2,1H3,(H,13,16)(H,17,18). The molecule has 1 unspecified atom stereocenters. The molecule has 1 amide bonds.